The summed E-state index contributed by atoms with van der Waals surface area (Å²) in [4.78, 5) is 18.8. The number of aliphatic hydroxyl groups excluding tert-OH is 1. The number of aromatic nitrogens is 1. The third-order valence-electron chi connectivity index (χ3n) is 5.01. The number of anilines is 1. The molecule has 2 atom stereocenters. The first-order valence-electron chi connectivity index (χ1n) is 8.74. The average molecular weight is 329 g/mol. The van der Waals surface area contributed by atoms with E-state index in [0.29, 0.717) is 18.2 Å². The molecule has 1 aliphatic carbocycles. The molecule has 1 saturated carbocycles. The lowest BCUT2D eigenvalue weighted by atomic mass is 9.94. The zero-order chi connectivity index (χ0) is 16.7. The fraction of sp³-hybridized carbons (Fsp3) is 0.556. The number of nitrogens with one attached hydrogen (secondary N) is 1. The van der Waals surface area contributed by atoms with E-state index in [0.717, 1.165) is 49.2 Å². The molecule has 24 heavy (non-hydrogen) atoms. The predicted octanol–water partition coefficient (Wildman–Crippen LogP) is 3.33. The largest absolute Gasteiger partial charge is 0.440 e. The van der Waals surface area contributed by atoms with Crippen LogP contribution in [0.15, 0.2) is 22.6 Å². The summed E-state index contributed by atoms with van der Waals surface area (Å²) in [6.45, 7) is 3.12. The van der Waals surface area contributed by atoms with Crippen LogP contribution < -0.4 is 5.32 Å². The minimum atomic E-state index is -0.382. The standard InChI is InChI=1S/C18H23N3O3/c1-11(22)13-3-2-8-21(10-13)18(23)19-14-6-7-15-16(9-14)24-17(20-15)12-4-5-12/h6-7,9,11-13,22H,2-5,8,10H2,1H3,(H,19,23). The number of nitrogens with zero attached hydrogens (tertiary/aromatic N) is 2. The average Bonchev–Trinajstić information content (AvgIpc) is 3.34. The van der Waals surface area contributed by atoms with Gasteiger partial charge in [-0.05, 0) is 44.7 Å². The van der Waals surface area contributed by atoms with Crippen LogP contribution in [-0.2, 0) is 0 Å². The normalized spacial score (nSPS) is 22.6. The highest BCUT2D eigenvalue weighted by molar-refractivity contribution is 5.91. The van der Waals surface area contributed by atoms with E-state index >= 15 is 0 Å². The van der Waals surface area contributed by atoms with Crippen LogP contribution in [0.2, 0.25) is 0 Å². The first-order valence-corrected chi connectivity index (χ1v) is 8.74. The number of piperidine rings is 1. The van der Waals surface area contributed by atoms with Crippen molar-refractivity contribution in [3.8, 4) is 0 Å². The van der Waals surface area contributed by atoms with Gasteiger partial charge >= 0.3 is 6.03 Å². The summed E-state index contributed by atoms with van der Waals surface area (Å²) in [7, 11) is 0. The number of hydrogen-bond acceptors (Lipinski definition) is 4. The lowest BCUT2D eigenvalue weighted by Crippen LogP contribution is -2.44. The van der Waals surface area contributed by atoms with E-state index in [1.54, 1.807) is 11.8 Å². The number of urea groups is 1. The lowest BCUT2D eigenvalue weighted by molar-refractivity contribution is 0.0766. The summed E-state index contributed by atoms with van der Waals surface area (Å²) in [6.07, 6.45) is 3.81. The SMILES string of the molecule is CC(O)C1CCCN(C(=O)Nc2ccc3nc(C4CC4)oc3c2)C1. The molecule has 1 saturated heterocycles. The van der Waals surface area contributed by atoms with Crippen molar-refractivity contribution in [2.75, 3.05) is 18.4 Å². The number of carbonyl (C=O) groups is 1. The molecule has 2 amide bonds. The van der Waals surface area contributed by atoms with Gasteiger partial charge in [-0.15, -0.1) is 0 Å². The number of rotatable bonds is 3. The molecule has 0 bridgehead atoms. The molecule has 4 rings (SSSR count). The Morgan fingerprint density at radius 1 is 1.42 bits per heavy atom. The van der Waals surface area contributed by atoms with Crippen LogP contribution in [0.5, 0.6) is 0 Å². The monoisotopic (exact) mass is 329 g/mol. The summed E-state index contributed by atoms with van der Waals surface area (Å²) in [5.41, 5.74) is 2.27. The number of amides is 2. The van der Waals surface area contributed by atoms with Crippen LogP contribution in [0.3, 0.4) is 0 Å². The number of likely N-dealkylation sites (tertiary alicyclic amines) is 1. The first kappa shape index (κ1) is 15.4. The van der Waals surface area contributed by atoms with E-state index in [9.17, 15) is 9.90 Å². The van der Waals surface area contributed by atoms with Gasteiger partial charge in [0.05, 0.1) is 6.10 Å². The number of aliphatic hydroxyl groups is 1. The van der Waals surface area contributed by atoms with Gasteiger partial charge in [-0.3, -0.25) is 0 Å². The Balaban J connectivity index is 1.45. The molecule has 0 spiro atoms. The van der Waals surface area contributed by atoms with E-state index < -0.39 is 0 Å². The van der Waals surface area contributed by atoms with E-state index in [1.807, 2.05) is 18.2 Å². The maximum absolute atomic E-state index is 12.5. The van der Waals surface area contributed by atoms with Crippen LogP contribution in [0.1, 0.15) is 44.4 Å². The van der Waals surface area contributed by atoms with E-state index in [-0.39, 0.29) is 18.1 Å². The van der Waals surface area contributed by atoms with E-state index in [4.69, 9.17) is 4.42 Å². The smallest absolute Gasteiger partial charge is 0.321 e. The molecule has 1 aromatic carbocycles. The van der Waals surface area contributed by atoms with Gasteiger partial charge in [-0.25, -0.2) is 9.78 Å². The second kappa shape index (κ2) is 6.09. The van der Waals surface area contributed by atoms with Gasteiger partial charge in [0.2, 0.25) is 0 Å². The molecular weight excluding hydrogens is 306 g/mol. The molecule has 128 valence electrons. The zero-order valence-electron chi connectivity index (χ0n) is 13.9. The second-order valence-corrected chi connectivity index (χ2v) is 7.03. The van der Waals surface area contributed by atoms with Crippen molar-refractivity contribution < 1.29 is 14.3 Å². The van der Waals surface area contributed by atoms with Crippen molar-refractivity contribution >= 4 is 22.8 Å². The van der Waals surface area contributed by atoms with Crippen LogP contribution in [0, 0.1) is 5.92 Å². The summed E-state index contributed by atoms with van der Waals surface area (Å²) in [6, 6.07) is 5.45. The van der Waals surface area contributed by atoms with Crippen molar-refractivity contribution in [1.82, 2.24) is 9.88 Å². The van der Waals surface area contributed by atoms with Gasteiger partial charge in [0, 0.05) is 36.7 Å². The molecule has 6 nitrogen and oxygen atoms in total. The van der Waals surface area contributed by atoms with Crippen molar-refractivity contribution in [1.29, 1.82) is 0 Å². The number of fused-ring (bicyclic) bond motifs is 1. The molecular formula is C18H23N3O3. The Morgan fingerprint density at radius 3 is 3.00 bits per heavy atom. The Bertz CT molecular complexity index is 751. The minimum Gasteiger partial charge on any atom is -0.440 e. The maximum atomic E-state index is 12.5. The Kier molecular flexibility index (Phi) is 3.92. The van der Waals surface area contributed by atoms with Crippen molar-refractivity contribution in [3.05, 3.63) is 24.1 Å². The Morgan fingerprint density at radius 2 is 2.25 bits per heavy atom. The molecule has 2 heterocycles. The lowest BCUT2D eigenvalue weighted by Gasteiger charge is -2.34. The van der Waals surface area contributed by atoms with Gasteiger partial charge in [0.15, 0.2) is 11.5 Å². The van der Waals surface area contributed by atoms with Gasteiger partial charge in [-0.2, -0.15) is 0 Å². The van der Waals surface area contributed by atoms with Gasteiger partial charge < -0.3 is 19.7 Å². The van der Waals surface area contributed by atoms with Crippen molar-refractivity contribution in [2.24, 2.45) is 5.92 Å². The summed E-state index contributed by atoms with van der Waals surface area (Å²) in [5, 5.41) is 12.7. The molecule has 0 radical (unpaired) electrons. The van der Waals surface area contributed by atoms with Gasteiger partial charge in [-0.1, -0.05) is 0 Å². The molecule has 2 fully saturated rings. The van der Waals surface area contributed by atoms with Crippen LogP contribution >= 0.6 is 0 Å². The third kappa shape index (κ3) is 3.11. The zero-order valence-corrected chi connectivity index (χ0v) is 13.9. The topological polar surface area (TPSA) is 78.6 Å². The van der Waals surface area contributed by atoms with E-state index in [1.165, 1.54) is 0 Å². The highest BCUT2D eigenvalue weighted by Gasteiger charge is 2.29. The summed E-state index contributed by atoms with van der Waals surface area (Å²) in [5.74, 6) is 1.44. The molecule has 1 aromatic heterocycles. The highest BCUT2D eigenvalue weighted by Crippen LogP contribution is 2.40. The second-order valence-electron chi connectivity index (χ2n) is 7.03. The number of hydrogen-bond donors (Lipinski definition) is 2. The summed E-state index contributed by atoms with van der Waals surface area (Å²) >= 11 is 0. The van der Waals surface area contributed by atoms with Crippen LogP contribution in [-0.4, -0.2) is 40.2 Å². The number of carbonyl (C=O) groups excluding carboxylic acids is 1. The van der Waals surface area contributed by atoms with Crippen molar-refractivity contribution in [3.63, 3.8) is 0 Å². The molecule has 2 N–H and O–H groups in total. The molecule has 2 aromatic rings. The number of oxazole rings is 1. The number of benzene rings is 1. The van der Waals surface area contributed by atoms with Crippen molar-refractivity contribution in [2.45, 2.75) is 44.6 Å². The maximum Gasteiger partial charge on any atom is 0.321 e. The quantitative estimate of drug-likeness (QED) is 0.905. The summed E-state index contributed by atoms with van der Waals surface area (Å²) < 4.78 is 5.80. The fourth-order valence-corrected chi connectivity index (χ4v) is 3.32. The van der Waals surface area contributed by atoms with Crippen LogP contribution in [0.25, 0.3) is 11.1 Å². The molecule has 6 heteroatoms. The molecule has 1 aliphatic heterocycles. The third-order valence-corrected chi connectivity index (χ3v) is 5.01. The highest BCUT2D eigenvalue weighted by atomic mass is 16.3. The Labute approximate surface area is 140 Å². The minimum absolute atomic E-state index is 0.123. The first-order chi connectivity index (χ1) is 11.6. The van der Waals surface area contributed by atoms with Gasteiger partial charge in [0.1, 0.15) is 5.52 Å². The molecule has 2 aliphatic rings. The van der Waals surface area contributed by atoms with Gasteiger partial charge in [0.25, 0.3) is 0 Å². The predicted molar refractivity (Wildman–Crippen MR) is 91.0 cm³/mol. The van der Waals surface area contributed by atoms with Crippen LogP contribution in [0.4, 0.5) is 10.5 Å². The molecule has 2 unspecified atom stereocenters. The van der Waals surface area contributed by atoms with E-state index in [2.05, 4.69) is 10.3 Å². The fourth-order valence-electron chi connectivity index (χ4n) is 3.32. The Hall–Kier alpha value is -2.08.